The third-order valence-corrected chi connectivity index (χ3v) is 3.10. The van der Waals surface area contributed by atoms with Crippen molar-refractivity contribution in [3.05, 3.63) is 0 Å². The molecule has 0 N–H and O–H groups in total. The SMILES string of the molecule is C[Si](F)C(C)(C)C. The van der Waals surface area contributed by atoms with Gasteiger partial charge in [-0.2, -0.15) is 0 Å². The summed E-state index contributed by atoms with van der Waals surface area (Å²) in [5, 5.41) is -0.0648. The maximum atomic E-state index is 12.3. The predicted octanol–water partition coefficient (Wildman–Crippen LogP) is 2.38. The van der Waals surface area contributed by atoms with Crippen molar-refractivity contribution >= 4 is 9.13 Å². The van der Waals surface area contributed by atoms with Gasteiger partial charge in [-0.1, -0.05) is 20.8 Å². The first kappa shape index (κ1) is 7.15. The lowest BCUT2D eigenvalue weighted by Crippen LogP contribution is -2.14. The van der Waals surface area contributed by atoms with E-state index in [0.29, 0.717) is 0 Å². The predicted molar refractivity (Wildman–Crippen MR) is 32.4 cm³/mol. The Morgan fingerprint density at radius 2 is 1.43 bits per heavy atom. The fourth-order valence-corrected chi connectivity index (χ4v) is 0. The molecular formula is C5H12FSi. The van der Waals surface area contributed by atoms with Gasteiger partial charge in [0.2, 0.25) is 0 Å². The molecule has 0 rings (SSSR count). The van der Waals surface area contributed by atoms with Crippen molar-refractivity contribution in [1.82, 2.24) is 0 Å². The van der Waals surface area contributed by atoms with Crippen LogP contribution in [-0.2, 0) is 0 Å². The Bertz CT molecular complexity index is 53.6. The van der Waals surface area contributed by atoms with Gasteiger partial charge < -0.3 is 4.11 Å². The third kappa shape index (κ3) is 2.80. The van der Waals surface area contributed by atoms with Gasteiger partial charge in [0.05, 0.1) is 0 Å². The molecule has 0 atom stereocenters. The van der Waals surface area contributed by atoms with Crippen molar-refractivity contribution in [2.75, 3.05) is 0 Å². The number of hydrogen-bond donors (Lipinski definition) is 0. The maximum absolute atomic E-state index is 12.3. The molecule has 0 heterocycles. The van der Waals surface area contributed by atoms with E-state index >= 15 is 0 Å². The van der Waals surface area contributed by atoms with Crippen molar-refractivity contribution in [3.8, 4) is 0 Å². The highest BCUT2D eigenvalue weighted by Gasteiger charge is 2.22. The van der Waals surface area contributed by atoms with Crippen LogP contribution in [0.3, 0.4) is 0 Å². The molecule has 0 amide bonds. The summed E-state index contributed by atoms with van der Waals surface area (Å²) in [4.78, 5) is 0. The molecule has 0 aliphatic heterocycles. The van der Waals surface area contributed by atoms with Crippen LogP contribution in [0.2, 0.25) is 11.6 Å². The van der Waals surface area contributed by atoms with Crippen LogP contribution >= 0.6 is 0 Å². The summed E-state index contributed by atoms with van der Waals surface area (Å²) in [7, 11) is -1.55. The molecule has 0 fully saturated rings. The van der Waals surface area contributed by atoms with Crippen LogP contribution in [0.4, 0.5) is 4.11 Å². The van der Waals surface area contributed by atoms with E-state index in [2.05, 4.69) is 0 Å². The van der Waals surface area contributed by atoms with E-state index in [-0.39, 0.29) is 5.04 Å². The van der Waals surface area contributed by atoms with E-state index in [9.17, 15) is 4.11 Å². The highest BCUT2D eigenvalue weighted by Crippen LogP contribution is 2.26. The quantitative estimate of drug-likeness (QED) is 0.339. The minimum Gasteiger partial charge on any atom is -0.314 e. The minimum absolute atomic E-state index is 0.0648. The fourth-order valence-electron chi connectivity index (χ4n) is 0. The van der Waals surface area contributed by atoms with E-state index < -0.39 is 9.13 Å². The Hall–Kier alpha value is 0.147. The molecule has 0 aliphatic carbocycles. The zero-order chi connectivity index (χ0) is 6.08. The van der Waals surface area contributed by atoms with Crippen molar-refractivity contribution in [2.24, 2.45) is 0 Å². The average Bonchev–Trinajstić information content (AvgIpc) is 1.31. The lowest BCUT2D eigenvalue weighted by Gasteiger charge is -2.15. The molecule has 0 aliphatic rings. The second-order valence-corrected chi connectivity index (χ2v) is 5.35. The molecule has 2 heteroatoms. The van der Waals surface area contributed by atoms with E-state index in [1.165, 1.54) is 0 Å². The minimum atomic E-state index is -1.55. The van der Waals surface area contributed by atoms with Crippen LogP contribution in [0.15, 0.2) is 0 Å². The molecule has 0 unspecified atom stereocenters. The van der Waals surface area contributed by atoms with Crippen molar-refractivity contribution in [1.29, 1.82) is 0 Å². The highest BCUT2D eigenvalue weighted by molar-refractivity contribution is 6.52. The molecule has 0 aromatic carbocycles. The van der Waals surface area contributed by atoms with Gasteiger partial charge in [0.25, 0.3) is 9.13 Å². The van der Waals surface area contributed by atoms with E-state index in [1.807, 2.05) is 20.8 Å². The summed E-state index contributed by atoms with van der Waals surface area (Å²) >= 11 is 0. The maximum Gasteiger partial charge on any atom is 0.273 e. The van der Waals surface area contributed by atoms with Crippen LogP contribution in [-0.4, -0.2) is 9.13 Å². The lowest BCUT2D eigenvalue weighted by atomic mass is 10.3. The summed E-state index contributed by atoms with van der Waals surface area (Å²) in [5.74, 6) is 0. The van der Waals surface area contributed by atoms with Crippen molar-refractivity contribution < 1.29 is 4.11 Å². The smallest absolute Gasteiger partial charge is 0.273 e. The van der Waals surface area contributed by atoms with E-state index in [0.717, 1.165) is 0 Å². The van der Waals surface area contributed by atoms with Crippen LogP contribution < -0.4 is 0 Å². The van der Waals surface area contributed by atoms with Crippen molar-refractivity contribution in [3.63, 3.8) is 0 Å². The largest absolute Gasteiger partial charge is 0.314 e. The van der Waals surface area contributed by atoms with Gasteiger partial charge in [-0.05, 0) is 11.6 Å². The van der Waals surface area contributed by atoms with E-state index in [1.54, 1.807) is 6.55 Å². The molecule has 0 aromatic rings. The standard InChI is InChI=1S/C5H12FSi/c1-5(2,3)7(4)6/h1-4H3. The van der Waals surface area contributed by atoms with Gasteiger partial charge in [0.15, 0.2) is 0 Å². The van der Waals surface area contributed by atoms with Crippen LogP contribution in [0.1, 0.15) is 20.8 Å². The van der Waals surface area contributed by atoms with Gasteiger partial charge in [-0.25, -0.2) is 0 Å². The Morgan fingerprint density at radius 3 is 1.43 bits per heavy atom. The molecule has 7 heavy (non-hydrogen) atoms. The monoisotopic (exact) mass is 119 g/mol. The molecular weight excluding hydrogens is 107 g/mol. The molecule has 0 nitrogen and oxygen atoms in total. The Labute approximate surface area is 46.5 Å². The first-order valence-electron chi connectivity index (χ1n) is 2.44. The highest BCUT2D eigenvalue weighted by atomic mass is 28.3. The molecule has 0 bridgehead atoms. The van der Waals surface area contributed by atoms with Crippen LogP contribution in [0.5, 0.6) is 0 Å². The molecule has 0 saturated carbocycles. The van der Waals surface area contributed by atoms with Gasteiger partial charge in [0.1, 0.15) is 0 Å². The summed E-state index contributed by atoms with van der Waals surface area (Å²) < 4.78 is 12.3. The molecule has 0 aromatic heterocycles. The van der Waals surface area contributed by atoms with Crippen LogP contribution in [0, 0.1) is 0 Å². The van der Waals surface area contributed by atoms with Gasteiger partial charge in [-0.15, -0.1) is 0 Å². The summed E-state index contributed by atoms with van der Waals surface area (Å²) in [6.45, 7) is 7.48. The molecule has 43 valence electrons. The number of hydrogen-bond acceptors (Lipinski definition) is 0. The Morgan fingerprint density at radius 1 is 1.29 bits per heavy atom. The van der Waals surface area contributed by atoms with Crippen molar-refractivity contribution in [2.45, 2.75) is 32.4 Å². The summed E-state index contributed by atoms with van der Waals surface area (Å²) in [6, 6.07) is 0. The Kier molecular flexibility index (Phi) is 1.99. The second kappa shape index (κ2) is 1.95. The topological polar surface area (TPSA) is 0 Å². The normalized spacial score (nSPS) is 12.9. The first-order valence-corrected chi connectivity index (χ1v) is 4.32. The molecule has 0 saturated heterocycles. The van der Waals surface area contributed by atoms with Gasteiger partial charge in [-0.3, -0.25) is 0 Å². The van der Waals surface area contributed by atoms with E-state index in [4.69, 9.17) is 0 Å². The van der Waals surface area contributed by atoms with Crippen LogP contribution in [0.25, 0.3) is 0 Å². The average molecular weight is 119 g/mol. The first-order chi connectivity index (χ1) is 2.94. The second-order valence-electron chi connectivity index (χ2n) is 2.78. The zero-order valence-electron chi connectivity index (χ0n) is 5.38. The fraction of sp³-hybridized carbons (Fsp3) is 1.00. The lowest BCUT2D eigenvalue weighted by molar-refractivity contribution is 0.655. The third-order valence-electron chi connectivity index (χ3n) is 1.03. The summed E-state index contributed by atoms with van der Waals surface area (Å²) in [5.41, 5.74) is 0. The number of rotatable bonds is 0. The number of halogens is 1. The Balaban J connectivity index is 3.54. The van der Waals surface area contributed by atoms with Gasteiger partial charge >= 0.3 is 0 Å². The zero-order valence-corrected chi connectivity index (χ0v) is 6.38. The summed E-state index contributed by atoms with van der Waals surface area (Å²) in [6.07, 6.45) is 0. The molecule has 0 spiro atoms. The molecule has 1 radical (unpaired) electrons. The van der Waals surface area contributed by atoms with Gasteiger partial charge in [0, 0.05) is 0 Å².